The number of rotatable bonds is 5. The molecule has 0 bridgehead atoms. The number of nitrogens with zero attached hydrogens (tertiary/aromatic N) is 2. The Hall–Kier alpha value is -4.26. The van der Waals surface area contributed by atoms with E-state index in [1.54, 1.807) is 49.4 Å². The summed E-state index contributed by atoms with van der Waals surface area (Å²) < 4.78 is 20.1. The van der Waals surface area contributed by atoms with Gasteiger partial charge in [0.25, 0.3) is 5.91 Å². The molecule has 1 aliphatic heterocycles. The highest BCUT2D eigenvalue weighted by atomic mass is 19.1. The molecule has 6 nitrogen and oxygen atoms in total. The molecule has 0 radical (unpaired) electrons. The van der Waals surface area contributed by atoms with Crippen LogP contribution in [0, 0.1) is 5.82 Å². The lowest BCUT2D eigenvalue weighted by molar-refractivity contribution is 0.0526. The zero-order valence-electron chi connectivity index (χ0n) is 17.8. The number of carbonyl (C=O) groups is 2. The summed E-state index contributed by atoms with van der Waals surface area (Å²) in [6.45, 7) is 2.00. The molecule has 1 atom stereocenters. The highest BCUT2D eigenvalue weighted by Gasteiger charge is 2.44. The Bertz CT molecular complexity index is 1330. The van der Waals surface area contributed by atoms with Crippen molar-refractivity contribution in [2.45, 2.75) is 13.0 Å². The van der Waals surface area contributed by atoms with Crippen molar-refractivity contribution in [3.8, 4) is 11.3 Å². The number of benzene rings is 3. The number of aromatic amines is 1. The number of hydrogen-bond acceptors (Lipinski definition) is 4. The fraction of sp³-hybridized carbons (Fsp3) is 0.115. The van der Waals surface area contributed by atoms with Gasteiger partial charge >= 0.3 is 5.97 Å². The summed E-state index contributed by atoms with van der Waals surface area (Å²) in [5.74, 6) is -1.18. The number of amides is 1. The summed E-state index contributed by atoms with van der Waals surface area (Å²) in [6, 6.07) is 21.7. The van der Waals surface area contributed by atoms with Gasteiger partial charge in [-0.3, -0.25) is 14.8 Å². The maximum absolute atomic E-state index is 15.0. The highest BCUT2D eigenvalue weighted by molar-refractivity contribution is 6.12. The molecule has 1 N–H and O–H groups in total. The van der Waals surface area contributed by atoms with Crippen LogP contribution in [0.2, 0.25) is 0 Å². The van der Waals surface area contributed by atoms with E-state index in [4.69, 9.17) is 4.74 Å². The van der Waals surface area contributed by atoms with Gasteiger partial charge in [-0.1, -0.05) is 48.5 Å². The van der Waals surface area contributed by atoms with Crippen LogP contribution < -0.4 is 4.90 Å². The maximum Gasteiger partial charge on any atom is 0.338 e. The summed E-state index contributed by atoms with van der Waals surface area (Å²) in [5.41, 5.74) is 3.62. The quantitative estimate of drug-likeness (QED) is 0.435. The van der Waals surface area contributed by atoms with E-state index in [9.17, 15) is 9.59 Å². The first-order valence-electron chi connectivity index (χ1n) is 10.6. The van der Waals surface area contributed by atoms with Crippen LogP contribution in [0.15, 0.2) is 78.9 Å². The van der Waals surface area contributed by atoms with Crippen molar-refractivity contribution in [1.82, 2.24) is 10.2 Å². The van der Waals surface area contributed by atoms with E-state index < -0.39 is 17.8 Å². The molecular weight excluding hydrogens is 421 g/mol. The van der Waals surface area contributed by atoms with Crippen molar-refractivity contribution in [2.75, 3.05) is 11.5 Å². The summed E-state index contributed by atoms with van der Waals surface area (Å²) in [6.07, 6.45) is 0. The lowest BCUT2D eigenvalue weighted by Crippen LogP contribution is -2.29. The molecule has 3 aromatic carbocycles. The monoisotopic (exact) mass is 441 g/mol. The number of aromatic nitrogens is 2. The van der Waals surface area contributed by atoms with Gasteiger partial charge in [-0.15, -0.1) is 0 Å². The van der Waals surface area contributed by atoms with E-state index in [0.717, 1.165) is 5.56 Å². The second-order valence-corrected chi connectivity index (χ2v) is 7.59. The molecule has 1 amide bonds. The molecule has 33 heavy (non-hydrogen) atoms. The Morgan fingerprint density at radius 3 is 2.42 bits per heavy atom. The second-order valence-electron chi connectivity index (χ2n) is 7.59. The molecule has 0 saturated heterocycles. The number of fused-ring (bicyclic) bond motifs is 1. The van der Waals surface area contributed by atoms with Gasteiger partial charge in [0.05, 0.1) is 23.9 Å². The van der Waals surface area contributed by atoms with Crippen LogP contribution in [0.1, 0.15) is 44.9 Å². The van der Waals surface area contributed by atoms with E-state index in [1.165, 1.54) is 11.0 Å². The zero-order chi connectivity index (χ0) is 22.9. The predicted molar refractivity (Wildman–Crippen MR) is 121 cm³/mol. The number of H-pyrrole nitrogens is 1. The first-order valence-corrected chi connectivity index (χ1v) is 10.6. The molecule has 0 unspecified atom stereocenters. The van der Waals surface area contributed by atoms with E-state index in [-0.39, 0.29) is 12.5 Å². The standard InChI is InChI=1S/C26H20FN3O3/c1-2-33-26(32)17-12-14-18(15-13-17)30-24(19-10-6-7-11-20(19)27)21-22(16-8-4-3-5-9-16)28-29-23(21)25(30)31/h3-15,24H,2H2,1H3,(H,28,29)/t24-/m1/s1. The summed E-state index contributed by atoms with van der Waals surface area (Å²) in [4.78, 5) is 27.1. The van der Waals surface area contributed by atoms with Crippen LogP contribution >= 0.6 is 0 Å². The van der Waals surface area contributed by atoms with Crippen LogP contribution in [0.4, 0.5) is 10.1 Å². The summed E-state index contributed by atoms with van der Waals surface area (Å²) in [7, 11) is 0. The Morgan fingerprint density at radius 1 is 1.03 bits per heavy atom. The van der Waals surface area contributed by atoms with E-state index >= 15 is 4.39 Å². The molecule has 1 aromatic heterocycles. The van der Waals surface area contributed by atoms with Crippen LogP contribution in [0.5, 0.6) is 0 Å². The number of halogens is 1. The Balaban J connectivity index is 1.65. The molecule has 5 rings (SSSR count). The number of nitrogens with one attached hydrogen (secondary N) is 1. The van der Waals surface area contributed by atoms with Crippen molar-refractivity contribution < 1.29 is 18.7 Å². The molecule has 7 heteroatoms. The molecule has 0 saturated carbocycles. The van der Waals surface area contributed by atoms with Crippen molar-refractivity contribution >= 4 is 17.6 Å². The molecule has 164 valence electrons. The topological polar surface area (TPSA) is 75.3 Å². The van der Waals surface area contributed by atoms with Crippen LogP contribution in [-0.2, 0) is 4.74 Å². The summed E-state index contributed by atoms with van der Waals surface area (Å²) in [5, 5.41) is 7.26. The van der Waals surface area contributed by atoms with Crippen molar-refractivity contribution in [3.63, 3.8) is 0 Å². The first kappa shape index (κ1) is 20.6. The van der Waals surface area contributed by atoms with Crippen molar-refractivity contribution in [1.29, 1.82) is 0 Å². The van der Waals surface area contributed by atoms with Gasteiger partial charge in [0, 0.05) is 22.4 Å². The van der Waals surface area contributed by atoms with Gasteiger partial charge in [-0.25, -0.2) is 9.18 Å². The fourth-order valence-corrected chi connectivity index (χ4v) is 4.19. The minimum absolute atomic E-state index is 0.268. The number of hydrogen-bond donors (Lipinski definition) is 1. The summed E-state index contributed by atoms with van der Waals surface area (Å²) >= 11 is 0. The van der Waals surface area contributed by atoms with Crippen LogP contribution in [0.3, 0.4) is 0 Å². The van der Waals surface area contributed by atoms with Gasteiger partial charge in [-0.2, -0.15) is 5.10 Å². The third-order valence-electron chi connectivity index (χ3n) is 5.67. The lowest BCUT2D eigenvalue weighted by Gasteiger charge is -2.27. The van der Waals surface area contributed by atoms with Crippen LogP contribution in [-0.4, -0.2) is 28.7 Å². The minimum atomic E-state index is -0.726. The molecule has 0 spiro atoms. The smallest absolute Gasteiger partial charge is 0.338 e. The molecule has 0 fully saturated rings. The SMILES string of the molecule is CCOC(=O)c1ccc(N2C(=O)c3[nH]nc(-c4ccccc4)c3[C@H]2c2ccccc2F)cc1. The average Bonchev–Trinajstić information content (AvgIpc) is 3.39. The van der Waals surface area contributed by atoms with Gasteiger partial charge < -0.3 is 4.74 Å². The molecule has 1 aliphatic rings. The first-order chi connectivity index (χ1) is 16.1. The largest absolute Gasteiger partial charge is 0.462 e. The van der Waals surface area contributed by atoms with Gasteiger partial charge in [0.2, 0.25) is 0 Å². The average molecular weight is 441 g/mol. The number of anilines is 1. The minimum Gasteiger partial charge on any atom is -0.462 e. The van der Waals surface area contributed by atoms with Gasteiger partial charge in [0.15, 0.2) is 0 Å². The predicted octanol–water partition coefficient (Wildman–Crippen LogP) is 5.14. The Kier molecular flexibility index (Phi) is 5.22. The molecule has 2 heterocycles. The van der Waals surface area contributed by atoms with Crippen molar-refractivity contribution in [2.24, 2.45) is 0 Å². The Labute approximate surface area is 189 Å². The third-order valence-corrected chi connectivity index (χ3v) is 5.67. The third kappa shape index (κ3) is 3.47. The zero-order valence-corrected chi connectivity index (χ0v) is 17.8. The highest BCUT2D eigenvalue weighted by Crippen LogP contribution is 2.45. The molecular formula is C26H20FN3O3. The van der Waals surface area contributed by atoms with Crippen molar-refractivity contribution in [3.05, 3.63) is 107 Å². The number of carbonyl (C=O) groups excluding carboxylic acids is 2. The number of esters is 1. The van der Waals surface area contributed by atoms with Crippen LogP contribution in [0.25, 0.3) is 11.3 Å². The maximum atomic E-state index is 15.0. The lowest BCUT2D eigenvalue weighted by atomic mass is 9.95. The van der Waals surface area contributed by atoms with Gasteiger partial charge in [-0.05, 0) is 37.3 Å². The normalized spacial score (nSPS) is 14.9. The second kappa shape index (κ2) is 8.35. The van der Waals surface area contributed by atoms with E-state index in [1.807, 2.05) is 30.3 Å². The fourth-order valence-electron chi connectivity index (χ4n) is 4.19. The number of ether oxygens (including phenoxy) is 1. The van der Waals surface area contributed by atoms with Gasteiger partial charge in [0.1, 0.15) is 11.5 Å². The van der Waals surface area contributed by atoms with E-state index in [2.05, 4.69) is 10.2 Å². The molecule has 4 aromatic rings. The van der Waals surface area contributed by atoms with E-state index in [0.29, 0.717) is 33.8 Å². The molecule has 0 aliphatic carbocycles. The Morgan fingerprint density at radius 2 is 1.73 bits per heavy atom.